The molecule has 1 aliphatic rings. The average Bonchev–Trinajstić information content (AvgIpc) is 2.70. The first kappa shape index (κ1) is 27.1. The predicted octanol–water partition coefficient (Wildman–Crippen LogP) is 3.50. The third-order valence-electron chi connectivity index (χ3n) is 5.25. The molecule has 1 heterocycles. The number of ether oxygens (including phenoxy) is 2. The van der Waals surface area contributed by atoms with E-state index >= 15 is 0 Å². The number of aliphatic imine (C=N–C) groups is 1. The lowest BCUT2D eigenvalue weighted by molar-refractivity contribution is 0.0698. The van der Waals surface area contributed by atoms with Crippen LogP contribution < -0.4 is 10.6 Å². The van der Waals surface area contributed by atoms with Crippen LogP contribution in [0.4, 0.5) is 0 Å². The van der Waals surface area contributed by atoms with Crippen LogP contribution in [-0.2, 0) is 22.6 Å². The summed E-state index contributed by atoms with van der Waals surface area (Å²) in [5.74, 6) is 2.43. The van der Waals surface area contributed by atoms with Crippen molar-refractivity contribution in [2.24, 2.45) is 16.8 Å². The number of guanidine groups is 1. The lowest BCUT2D eigenvalue weighted by atomic mass is 9.91. The molecular weight excluding hydrogens is 491 g/mol. The fourth-order valence-electron chi connectivity index (χ4n) is 3.97. The molecule has 0 radical (unpaired) electrons. The number of benzene rings is 1. The number of piperidine rings is 1. The number of methoxy groups -OCH3 is 1. The minimum Gasteiger partial charge on any atom is -0.382 e. The molecule has 1 aliphatic heterocycles. The van der Waals surface area contributed by atoms with Gasteiger partial charge in [-0.25, -0.2) is 0 Å². The third-order valence-corrected chi connectivity index (χ3v) is 5.25. The summed E-state index contributed by atoms with van der Waals surface area (Å²) in [6, 6.07) is 8.95. The van der Waals surface area contributed by atoms with Gasteiger partial charge in [-0.2, -0.15) is 0 Å². The van der Waals surface area contributed by atoms with Crippen molar-refractivity contribution in [3.63, 3.8) is 0 Å². The fraction of sp³-hybridized carbons (Fsp3) is 0.696. The van der Waals surface area contributed by atoms with Crippen LogP contribution in [0.5, 0.6) is 0 Å². The van der Waals surface area contributed by atoms with Crippen molar-refractivity contribution in [3.05, 3.63) is 35.4 Å². The first-order valence-electron chi connectivity index (χ1n) is 10.9. The van der Waals surface area contributed by atoms with Gasteiger partial charge in [0.1, 0.15) is 0 Å². The maximum atomic E-state index is 5.47. The lowest BCUT2D eigenvalue weighted by Crippen LogP contribution is -2.38. The van der Waals surface area contributed by atoms with E-state index in [0.29, 0.717) is 13.2 Å². The highest BCUT2D eigenvalue weighted by molar-refractivity contribution is 14.0. The summed E-state index contributed by atoms with van der Waals surface area (Å²) >= 11 is 0. The highest BCUT2D eigenvalue weighted by Gasteiger charge is 2.21. The molecule has 0 spiro atoms. The molecule has 0 amide bonds. The molecule has 7 heteroatoms. The van der Waals surface area contributed by atoms with Gasteiger partial charge in [-0.05, 0) is 35.8 Å². The maximum absolute atomic E-state index is 5.47. The van der Waals surface area contributed by atoms with E-state index < -0.39 is 0 Å². The van der Waals surface area contributed by atoms with Crippen molar-refractivity contribution in [1.82, 2.24) is 15.5 Å². The molecule has 1 aromatic rings. The van der Waals surface area contributed by atoms with Crippen LogP contribution in [-0.4, -0.2) is 64.5 Å². The molecule has 2 atom stereocenters. The molecule has 1 aromatic carbocycles. The Morgan fingerprint density at radius 1 is 1.03 bits per heavy atom. The van der Waals surface area contributed by atoms with Gasteiger partial charge in [0, 0.05) is 53.5 Å². The third kappa shape index (κ3) is 10.9. The van der Waals surface area contributed by atoms with Gasteiger partial charge in [-0.3, -0.25) is 9.89 Å². The van der Waals surface area contributed by atoms with Gasteiger partial charge in [0.15, 0.2) is 5.96 Å². The summed E-state index contributed by atoms with van der Waals surface area (Å²) in [7, 11) is 3.48. The van der Waals surface area contributed by atoms with Gasteiger partial charge in [0.05, 0.1) is 13.2 Å². The summed E-state index contributed by atoms with van der Waals surface area (Å²) in [4.78, 5) is 6.88. The first-order chi connectivity index (χ1) is 14.1. The van der Waals surface area contributed by atoms with Crippen LogP contribution in [0.25, 0.3) is 0 Å². The molecule has 0 aliphatic carbocycles. The minimum absolute atomic E-state index is 0. The Kier molecular flexibility index (Phi) is 14.3. The molecule has 6 nitrogen and oxygen atoms in total. The standard InChI is InChI=1S/C23H40N4O2.HI/c1-19-14-20(2)17-27(16-19)18-22-8-6-21(7-9-22)15-26-23(24-3)25-10-5-11-29-13-12-28-4;/h6-9,19-20H,5,10-18H2,1-4H3,(H2,24,25,26);1H. The summed E-state index contributed by atoms with van der Waals surface area (Å²) < 4.78 is 10.4. The molecule has 1 saturated heterocycles. The zero-order valence-corrected chi connectivity index (χ0v) is 21.5. The largest absolute Gasteiger partial charge is 0.382 e. The van der Waals surface area contributed by atoms with E-state index in [1.54, 1.807) is 14.2 Å². The van der Waals surface area contributed by atoms with Crippen LogP contribution in [0.3, 0.4) is 0 Å². The van der Waals surface area contributed by atoms with E-state index in [1.165, 1.54) is 30.6 Å². The zero-order chi connectivity index (χ0) is 20.9. The second-order valence-corrected chi connectivity index (χ2v) is 8.27. The second kappa shape index (κ2) is 15.8. The molecule has 0 saturated carbocycles. The average molecular weight is 533 g/mol. The van der Waals surface area contributed by atoms with Crippen molar-refractivity contribution in [2.75, 3.05) is 53.6 Å². The maximum Gasteiger partial charge on any atom is 0.191 e. The highest BCUT2D eigenvalue weighted by Crippen LogP contribution is 2.22. The van der Waals surface area contributed by atoms with Crippen LogP contribution in [0.15, 0.2) is 29.3 Å². The first-order valence-corrected chi connectivity index (χ1v) is 10.9. The Hall–Kier alpha value is -0.900. The van der Waals surface area contributed by atoms with Crippen molar-refractivity contribution < 1.29 is 9.47 Å². The van der Waals surface area contributed by atoms with E-state index in [4.69, 9.17) is 9.47 Å². The summed E-state index contributed by atoms with van der Waals surface area (Å²) in [5, 5.41) is 6.70. The number of hydrogen-bond donors (Lipinski definition) is 2. The monoisotopic (exact) mass is 532 g/mol. The van der Waals surface area contributed by atoms with Gasteiger partial charge in [-0.1, -0.05) is 38.1 Å². The van der Waals surface area contributed by atoms with Crippen molar-refractivity contribution >= 4 is 29.9 Å². The van der Waals surface area contributed by atoms with Crippen LogP contribution in [0.2, 0.25) is 0 Å². The molecule has 0 bridgehead atoms. The Morgan fingerprint density at radius 2 is 1.70 bits per heavy atom. The van der Waals surface area contributed by atoms with E-state index in [9.17, 15) is 0 Å². The van der Waals surface area contributed by atoms with E-state index in [1.807, 2.05) is 0 Å². The highest BCUT2D eigenvalue weighted by atomic mass is 127. The number of nitrogens with zero attached hydrogens (tertiary/aromatic N) is 2. The molecule has 2 N–H and O–H groups in total. The summed E-state index contributed by atoms with van der Waals surface area (Å²) in [5.41, 5.74) is 2.66. The topological polar surface area (TPSA) is 58.1 Å². The number of likely N-dealkylation sites (tertiary alicyclic amines) is 1. The smallest absolute Gasteiger partial charge is 0.191 e. The normalized spacial score (nSPS) is 19.9. The number of halogens is 1. The van der Waals surface area contributed by atoms with Crippen LogP contribution in [0.1, 0.15) is 37.8 Å². The summed E-state index contributed by atoms with van der Waals surface area (Å²) in [6.45, 7) is 11.8. The SMILES string of the molecule is CN=C(NCCCOCCOC)NCc1ccc(CN2CC(C)CC(C)C2)cc1.I. The van der Waals surface area contributed by atoms with Crippen molar-refractivity contribution in [2.45, 2.75) is 39.8 Å². The predicted molar refractivity (Wildman–Crippen MR) is 136 cm³/mol. The van der Waals surface area contributed by atoms with E-state index in [-0.39, 0.29) is 24.0 Å². The molecule has 2 unspecified atom stereocenters. The van der Waals surface area contributed by atoms with Gasteiger partial charge < -0.3 is 20.1 Å². The Morgan fingerprint density at radius 3 is 2.33 bits per heavy atom. The number of nitrogens with one attached hydrogen (secondary N) is 2. The molecular formula is C23H41IN4O2. The second-order valence-electron chi connectivity index (χ2n) is 8.27. The number of hydrogen-bond acceptors (Lipinski definition) is 4. The molecule has 1 fully saturated rings. The molecule has 0 aromatic heterocycles. The Balaban J connectivity index is 0.00000450. The van der Waals surface area contributed by atoms with Crippen molar-refractivity contribution in [1.29, 1.82) is 0 Å². The van der Waals surface area contributed by atoms with Crippen LogP contribution in [0, 0.1) is 11.8 Å². The lowest BCUT2D eigenvalue weighted by Gasteiger charge is -2.35. The van der Waals surface area contributed by atoms with Gasteiger partial charge >= 0.3 is 0 Å². The minimum atomic E-state index is 0. The van der Waals surface area contributed by atoms with Crippen LogP contribution >= 0.6 is 24.0 Å². The summed E-state index contributed by atoms with van der Waals surface area (Å²) in [6.07, 6.45) is 2.30. The van der Waals surface area contributed by atoms with Gasteiger partial charge in [0.2, 0.25) is 0 Å². The van der Waals surface area contributed by atoms with Gasteiger partial charge in [-0.15, -0.1) is 24.0 Å². The van der Waals surface area contributed by atoms with Crippen molar-refractivity contribution in [3.8, 4) is 0 Å². The van der Waals surface area contributed by atoms with E-state index in [2.05, 4.69) is 58.6 Å². The molecule has 172 valence electrons. The molecule has 30 heavy (non-hydrogen) atoms. The zero-order valence-electron chi connectivity index (χ0n) is 19.2. The molecule has 2 rings (SSSR count). The van der Waals surface area contributed by atoms with E-state index in [0.717, 1.165) is 50.5 Å². The quantitative estimate of drug-likeness (QED) is 0.198. The Bertz CT molecular complexity index is 587. The van der Waals surface area contributed by atoms with Gasteiger partial charge in [0.25, 0.3) is 0 Å². The fourth-order valence-corrected chi connectivity index (χ4v) is 3.97. The number of rotatable bonds is 11. The Labute approximate surface area is 200 Å².